The summed E-state index contributed by atoms with van der Waals surface area (Å²) in [5, 5.41) is 18.3. The van der Waals surface area contributed by atoms with E-state index < -0.39 is 0 Å². The molecule has 0 unspecified atom stereocenters. The largest absolute Gasteiger partial charge is 0.396 e. The maximum atomic E-state index is 12.1. The molecule has 0 bridgehead atoms. The fourth-order valence-corrected chi connectivity index (χ4v) is 2.02. The van der Waals surface area contributed by atoms with Crippen molar-refractivity contribution in [1.82, 2.24) is 15.2 Å². The highest BCUT2D eigenvalue weighted by Gasteiger charge is 2.12. The summed E-state index contributed by atoms with van der Waals surface area (Å²) in [5.74, 6) is 0.548. The molecule has 1 heterocycles. The first-order chi connectivity index (χ1) is 10.2. The number of nitrogens with one attached hydrogen (secondary N) is 2. The summed E-state index contributed by atoms with van der Waals surface area (Å²) in [7, 11) is 0. The number of hydrogen-bond donors (Lipinski definition) is 3. The van der Waals surface area contributed by atoms with Crippen molar-refractivity contribution in [2.45, 2.75) is 32.6 Å². The molecule has 6 heteroatoms. The van der Waals surface area contributed by atoms with Gasteiger partial charge in [-0.3, -0.25) is 9.89 Å². The van der Waals surface area contributed by atoms with Crippen LogP contribution in [0.4, 0.5) is 5.69 Å². The molecular weight excluding hydrogens is 268 g/mol. The molecule has 21 heavy (non-hydrogen) atoms. The zero-order valence-corrected chi connectivity index (χ0v) is 12.1. The molecule has 0 aliphatic rings. The van der Waals surface area contributed by atoms with Crippen LogP contribution in [0, 0.1) is 0 Å². The Bertz CT molecular complexity index is 595. The molecule has 6 nitrogen and oxygen atoms in total. The lowest BCUT2D eigenvalue weighted by Gasteiger charge is -2.05. The van der Waals surface area contributed by atoms with Gasteiger partial charge in [-0.05, 0) is 37.0 Å². The Kier molecular flexibility index (Phi) is 5.45. The molecule has 112 valence electrons. The zero-order valence-electron chi connectivity index (χ0n) is 12.1. The molecule has 0 spiro atoms. The average Bonchev–Trinajstić information content (AvgIpc) is 2.95. The Morgan fingerprint density at radius 1 is 1.38 bits per heavy atom. The van der Waals surface area contributed by atoms with Gasteiger partial charge < -0.3 is 10.4 Å². The highest BCUT2D eigenvalue weighted by atomic mass is 16.2. The van der Waals surface area contributed by atoms with Crippen molar-refractivity contribution in [2.24, 2.45) is 0 Å². The van der Waals surface area contributed by atoms with Gasteiger partial charge in [-0.25, -0.2) is 4.98 Å². The summed E-state index contributed by atoms with van der Waals surface area (Å²) in [4.78, 5) is 16.2. The molecule has 0 saturated heterocycles. The monoisotopic (exact) mass is 288 g/mol. The molecule has 0 aliphatic carbocycles. The van der Waals surface area contributed by atoms with Crippen molar-refractivity contribution in [3.8, 4) is 0 Å². The molecule has 0 saturated carbocycles. The molecule has 0 radical (unpaired) electrons. The van der Waals surface area contributed by atoms with Crippen molar-refractivity contribution in [2.75, 3.05) is 11.9 Å². The second kappa shape index (κ2) is 7.54. The number of amides is 1. The highest BCUT2D eigenvalue weighted by molar-refractivity contribution is 6.01. The van der Waals surface area contributed by atoms with Crippen LogP contribution < -0.4 is 5.32 Å². The summed E-state index contributed by atoms with van der Waals surface area (Å²) in [5.41, 5.74) is 1.78. The minimum atomic E-state index is -0.326. The third kappa shape index (κ3) is 4.39. The SMILES string of the molecule is CCCc1nc(C(=O)Nc2cccc(CCCO)c2)n[nH]1. The predicted molar refractivity (Wildman–Crippen MR) is 80.2 cm³/mol. The van der Waals surface area contributed by atoms with Crippen molar-refractivity contribution in [3.05, 3.63) is 41.5 Å². The Morgan fingerprint density at radius 3 is 3.00 bits per heavy atom. The van der Waals surface area contributed by atoms with Crippen LogP contribution >= 0.6 is 0 Å². The third-order valence-corrected chi connectivity index (χ3v) is 3.03. The van der Waals surface area contributed by atoms with E-state index in [0.29, 0.717) is 12.1 Å². The van der Waals surface area contributed by atoms with Crippen LogP contribution in [-0.2, 0) is 12.8 Å². The average molecular weight is 288 g/mol. The van der Waals surface area contributed by atoms with Crippen LogP contribution in [0.2, 0.25) is 0 Å². The summed E-state index contributed by atoms with van der Waals surface area (Å²) in [6.07, 6.45) is 3.21. The summed E-state index contributed by atoms with van der Waals surface area (Å²) >= 11 is 0. The number of aliphatic hydroxyl groups is 1. The fraction of sp³-hybridized carbons (Fsp3) is 0.400. The lowest BCUT2D eigenvalue weighted by Crippen LogP contribution is -2.14. The predicted octanol–water partition coefficient (Wildman–Crippen LogP) is 1.93. The van der Waals surface area contributed by atoms with Gasteiger partial charge in [-0.1, -0.05) is 19.1 Å². The molecule has 2 rings (SSSR count). The minimum Gasteiger partial charge on any atom is -0.396 e. The number of hydrogen-bond acceptors (Lipinski definition) is 4. The van der Waals surface area contributed by atoms with Crippen molar-refractivity contribution in [3.63, 3.8) is 0 Å². The standard InChI is InChI=1S/C15H20N4O2/c1-2-5-13-17-14(19-18-13)15(21)16-12-8-3-6-11(10-12)7-4-9-20/h3,6,8,10,20H,2,4-5,7,9H2,1H3,(H,16,21)(H,17,18,19). The summed E-state index contributed by atoms with van der Waals surface area (Å²) in [6.45, 7) is 2.20. The van der Waals surface area contributed by atoms with Gasteiger partial charge in [0.15, 0.2) is 0 Å². The van der Waals surface area contributed by atoms with Gasteiger partial charge in [0.25, 0.3) is 5.91 Å². The van der Waals surface area contributed by atoms with Crippen LogP contribution in [0.1, 0.15) is 41.8 Å². The topological polar surface area (TPSA) is 90.9 Å². The van der Waals surface area contributed by atoms with E-state index >= 15 is 0 Å². The number of aliphatic hydroxyl groups excluding tert-OH is 1. The van der Waals surface area contributed by atoms with Gasteiger partial charge in [0.2, 0.25) is 5.82 Å². The number of benzene rings is 1. The quantitative estimate of drug-likeness (QED) is 0.726. The van der Waals surface area contributed by atoms with Crippen LogP contribution in [-0.4, -0.2) is 32.8 Å². The lowest BCUT2D eigenvalue weighted by atomic mass is 10.1. The number of carbonyl (C=O) groups is 1. The number of aromatic amines is 1. The number of H-pyrrole nitrogens is 1. The number of carbonyl (C=O) groups excluding carboxylic acids is 1. The molecule has 2 aromatic rings. The number of aryl methyl sites for hydroxylation is 2. The van der Waals surface area contributed by atoms with Crippen LogP contribution in [0.5, 0.6) is 0 Å². The van der Waals surface area contributed by atoms with E-state index in [4.69, 9.17) is 5.11 Å². The van der Waals surface area contributed by atoms with E-state index in [0.717, 1.165) is 30.7 Å². The van der Waals surface area contributed by atoms with Gasteiger partial charge in [0, 0.05) is 18.7 Å². The van der Waals surface area contributed by atoms with E-state index in [2.05, 4.69) is 20.5 Å². The highest BCUT2D eigenvalue weighted by Crippen LogP contribution is 2.13. The molecule has 0 atom stereocenters. The Hall–Kier alpha value is -2.21. The minimum absolute atomic E-state index is 0.152. The van der Waals surface area contributed by atoms with Gasteiger partial charge >= 0.3 is 0 Å². The number of anilines is 1. The second-order valence-electron chi connectivity index (χ2n) is 4.84. The first kappa shape index (κ1) is 15.2. The Balaban J connectivity index is 2.01. The smallest absolute Gasteiger partial charge is 0.295 e. The molecular formula is C15H20N4O2. The fourth-order valence-electron chi connectivity index (χ4n) is 2.02. The van der Waals surface area contributed by atoms with Gasteiger partial charge in [-0.2, -0.15) is 0 Å². The maximum absolute atomic E-state index is 12.1. The Morgan fingerprint density at radius 2 is 2.24 bits per heavy atom. The van der Waals surface area contributed by atoms with Crippen LogP contribution in [0.15, 0.2) is 24.3 Å². The lowest BCUT2D eigenvalue weighted by molar-refractivity contribution is 0.101. The maximum Gasteiger partial charge on any atom is 0.295 e. The molecule has 0 fully saturated rings. The van der Waals surface area contributed by atoms with Crippen LogP contribution in [0.25, 0.3) is 0 Å². The molecule has 1 aromatic carbocycles. The molecule has 0 aliphatic heterocycles. The van der Waals surface area contributed by atoms with Gasteiger partial charge in [0.1, 0.15) is 5.82 Å². The van der Waals surface area contributed by atoms with Crippen molar-refractivity contribution >= 4 is 11.6 Å². The van der Waals surface area contributed by atoms with Gasteiger partial charge in [-0.15, -0.1) is 5.10 Å². The zero-order chi connectivity index (χ0) is 15.1. The van der Waals surface area contributed by atoms with E-state index in [1.165, 1.54) is 0 Å². The molecule has 1 amide bonds. The van der Waals surface area contributed by atoms with Crippen molar-refractivity contribution < 1.29 is 9.90 Å². The summed E-state index contributed by atoms with van der Waals surface area (Å²) in [6, 6.07) is 7.56. The number of nitrogens with zero attached hydrogens (tertiary/aromatic N) is 2. The second-order valence-corrected chi connectivity index (χ2v) is 4.84. The summed E-state index contributed by atoms with van der Waals surface area (Å²) < 4.78 is 0. The number of rotatable bonds is 7. The van der Waals surface area contributed by atoms with E-state index in [1.807, 2.05) is 31.2 Å². The first-order valence-electron chi connectivity index (χ1n) is 7.15. The van der Waals surface area contributed by atoms with E-state index in [9.17, 15) is 4.79 Å². The van der Waals surface area contributed by atoms with E-state index in [1.54, 1.807) is 0 Å². The normalized spacial score (nSPS) is 10.6. The third-order valence-electron chi connectivity index (χ3n) is 3.03. The molecule has 1 aromatic heterocycles. The van der Waals surface area contributed by atoms with E-state index in [-0.39, 0.29) is 18.3 Å². The van der Waals surface area contributed by atoms with Crippen LogP contribution in [0.3, 0.4) is 0 Å². The number of aromatic nitrogens is 3. The van der Waals surface area contributed by atoms with Gasteiger partial charge in [0.05, 0.1) is 0 Å². The molecule has 3 N–H and O–H groups in total. The van der Waals surface area contributed by atoms with Crippen molar-refractivity contribution in [1.29, 1.82) is 0 Å². The first-order valence-corrected chi connectivity index (χ1v) is 7.15. The Labute approximate surface area is 123 Å².